The number of aryl methyl sites for hydroxylation is 1. The molecule has 0 radical (unpaired) electrons. The largest absolute Gasteiger partial charge is 0.493 e. The fourth-order valence-electron chi connectivity index (χ4n) is 3.92. The Hall–Kier alpha value is -3.71. The Labute approximate surface area is 228 Å². The van der Waals surface area contributed by atoms with Gasteiger partial charge in [0.25, 0.3) is 11.1 Å². The van der Waals surface area contributed by atoms with Crippen molar-refractivity contribution in [2.75, 3.05) is 20.3 Å². The molecule has 0 bridgehead atoms. The van der Waals surface area contributed by atoms with Gasteiger partial charge in [0.05, 0.1) is 18.6 Å². The molecule has 0 atom stereocenters. The van der Waals surface area contributed by atoms with E-state index in [-0.39, 0.29) is 23.1 Å². The van der Waals surface area contributed by atoms with E-state index >= 15 is 0 Å². The number of imide groups is 1. The van der Waals surface area contributed by atoms with Gasteiger partial charge < -0.3 is 14.2 Å². The molecule has 38 heavy (non-hydrogen) atoms. The number of benzene rings is 3. The van der Waals surface area contributed by atoms with Gasteiger partial charge in [-0.1, -0.05) is 68.8 Å². The summed E-state index contributed by atoms with van der Waals surface area (Å²) in [7, 11) is 1.56. The molecule has 2 amide bonds. The molecule has 198 valence electrons. The summed E-state index contributed by atoms with van der Waals surface area (Å²) < 4.78 is 17.2. The third kappa shape index (κ3) is 6.78. The highest BCUT2D eigenvalue weighted by molar-refractivity contribution is 8.18. The minimum Gasteiger partial charge on any atom is -0.493 e. The van der Waals surface area contributed by atoms with Crippen molar-refractivity contribution >= 4 is 29.0 Å². The van der Waals surface area contributed by atoms with E-state index in [2.05, 4.69) is 32.9 Å². The maximum absolute atomic E-state index is 12.9. The molecule has 0 spiro atoms. The van der Waals surface area contributed by atoms with Gasteiger partial charge >= 0.3 is 0 Å². The highest BCUT2D eigenvalue weighted by Gasteiger charge is 2.35. The Balaban J connectivity index is 1.35. The summed E-state index contributed by atoms with van der Waals surface area (Å²) in [6.45, 7) is 9.51. The number of hydrogen-bond acceptors (Lipinski definition) is 6. The van der Waals surface area contributed by atoms with Gasteiger partial charge in [-0.25, -0.2) is 0 Å². The molecule has 0 aromatic heterocycles. The fraction of sp³-hybridized carbons (Fsp3) is 0.290. The van der Waals surface area contributed by atoms with Crippen LogP contribution in [-0.2, 0) is 16.8 Å². The molecule has 7 heteroatoms. The Morgan fingerprint density at radius 2 is 1.55 bits per heavy atom. The minimum absolute atomic E-state index is 0.0976. The minimum atomic E-state index is -0.299. The van der Waals surface area contributed by atoms with E-state index in [0.29, 0.717) is 29.6 Å². The first-order chi connectivity index (χ1) is 18.1. The summed E-state index contributed by atoms with van der Waals surface area (Å²) >= 11 is 0.943. The summed E-state index contributed by atoms with van der Waals surface area (Å²) in [6.07, 6.45) is 1.71. The predicted molar refractivity (Wildman–Crippen MR) is 152 cm³/mol. The number of carbonyl (C=O) groups is 2. The lowest BCUT2D eigenvalue weighted by Crippen LogP contribution is -2.27. The van der Waals surface area contributed by atoms with Crippen molar-refractivity contribution < 1.29 is 23.8 Å². The second-order valence-electron chi connectivity index (χ2n) is 10.1. The summed E-state index contributed by atoms with van der Waals surface area (Å²) in [5.74, 6) is 1.60. The summed E-state index contributed by atoms with van der Waals surface area (Å²) in [6, 6.07) is 21.3. The molecule has 0 saturated carbocycles. The quantitative estimate of drug-likeness (QED) is 0.219. The summed E-state index contributed by atoms with van der Waals surface area (Å²) in [5.41, 5.74) is 4.13. The lowest BCUT2D eigenvalue weighted by Gasteiger charge is -2.19. The van der Waals surface area contributed by atoms with Gasteiger partial charge in [0, 0.05) is 0 Å². The van der Waals surface area contributed by atoms with Gasteiger partial charge in [0.15, 0.2) is 11.5 Å². The first kappa shape index (κ1) is 27.3. The first-order valence-corrected chi connectivity index (χ1v) is 13.3. The van der Waals surface area contributed by atoms with Crippen LogP contribution in [0, 0.1) is 6.92 Å². The Kier molecular flexibility index (Phi) is 8.47. The van der Waals surface area contributed by atoms with Gasteiger partial charge in [-0.05, 0) is 71.1 Å². The number of ether oxygens (including phenoxy) is 3. The molecule has 6 nitrogen and oxygen atoms in total. The van der Waals surface area contributed by atoms with Crippen molar-refractivity contribution in [1.82, 2.24) is 4.90 Å². The summed E-state index contributed by atoms with van der Waals surface area (Å²) in [4.78, 5) is 27.1. The van der Waals surface area contributed by atoms with E-state index in [9.17, 15) is 9.59 Å². The van der Waals surface area contributed by atoms with Crippen LogP contribution in [0.1, 0.15) is 43.0 Å². The molecule has 0 N–H and O–H groups in total. The molecule has 1 aliphatic rings. The average molecular weight is 532 g/mol. The second kappa shape index (κ2) is 11.8. The average Bonchev–Trinajstić information content (AvgIpc) is 3.15. The van der Waals surface area contributed by atoms with Crippen LogP contribution in [0.15, 0.2) is 71.6 Å². The smallest absolute Gasteiger partial charge is 0.293 e. The molecule has 0 unspecified atom stereocenters. The standard InChI is InChI=1S/C31H33NO5S/c1-21-6-8-22(9-7-21)20-32-29(33)28(38-30(32)34)19-23-10-15-26(27(18-23)35-5)37-17-16-36-25-13-11-24(12-14-25)31(2,3)4/h6-15,18-19H,16-17,20H2,1-5H3/b28-19-. The van der Waals surface area contributed by atoms with E-state index in [1.165, 1.54) is 10.5 Å². The van der Waals surface area contributed by atoms with Crippen LogP contribution in [0.2, 0.25) is 0 Å². The molecule has 1 fully saturated rings. The van der Waals surface area contributed by atoms with Crippen LogP contribution < -0.4 is 14.2 Å². The van der Waals surface area contributed by atoms with E-state index in [0.717, 1.165) is 34.2 Å². The normalized spacial score (nSPS) is 14.8. The number of nitrogens with zero attached hydrogens (tertiary/aromatic N) is 1. The molecule has 4 rings (SSSR count). The fourth-order valence-corrected chi connectivity index (χ4v) is 4.76. The van der Waals surface area contributed by atoms with Crippen molar-refractivity contribution in [1.29, 1.82) is 0 Å². The van der Waals surface area contributed by atoms with Crippen LogP contribution in [-0.4, -0.2) is 36.4 Å². The van der Waals surface area contributed by atoms with Gasteiger partial charge in [-0.3, -0.25) is 14.5 Å². The second-order valence-corrected chi connectivity index (χ2v) is 11.1. The van der Waals surface area contributed by atoms with Crippen molar-refractivity contribution in [2.45, 2.75) is 39.7 Å². The number of rotatable bonds is 9. The zero-order chi connectivity index (χ0) is 27.3. The lowest BCUT2D eigenvalue weighted by atomic mass is 9.87. The number of amides is 2. The lowest BCUT2D eigenvalue weighted by molar-refractivity contribution is -0.123. The summed E-state index contributed by atoms with van der Waals surface area (Å²) in [5, 5.41) is -0.276. The van der Waals surface area contributed by atoms with Gasteiger partial charge in [0.2, 0.25) is 0 Å². The van der Waals surface area contributed by atoms with E-state index in [4.69, 9.17) is 14.2 Å². The third-order valence-corrected chi connectivity index (χ3v) is 7.06. The Morgan fingerprint density at radius 3 is 2.21 bits per heavy atom. The van der Waals surface area contributed by atoms with Crippen LogP contribution in [0.25, 0.3) is 6.08 Å². The number of carbonyl (C=O) groups excluding carboxylic acids is 2. The SMILES string of the molecule is COc1cc(/C=C2\SC(=O)N(Cc3ccc(C)cc3)C2=O)ccc1OCCOc1ccc(C(C)(C)C)cc1. The van der Waals surface area contributed by atoms with E-state index in [1.807, 2.05) is 49.4 Å². The maximum atomic E-state index is 12.9. The first-order valence-electron chi connectivity index (χ1n) is 12.5. The van der Waals surface area contributed by atoms with Crippen LogP contribution >= 0.6 is 11.8 Å². The number of methoxy groups -OCH3 is 1. The molecular formula is C31H33NO5S. The topological polar surface area (TPSA) is 65.1 Å². The van der Waals surface area contributed by atoms with Crippen LogP contribution in [0.4, 0.5) is 4.79 Å². The highest BCUT2D eigenvalue weighted by atomic mass is 32.2. The van der Waals surface area contributed by atoms with Gasteiger partial charge in [0.1, 0.15) is 19.0 Å². The monoisotopic (exact) mass is 531 g/mol. The van der Waals surface area contributed by atoms with Gasteiger partial charge in [-0.15, -0.1) is 0 Å². The van der Waals surface area contributed by atoms with Crippen molar-refractivity contribution in [3.8, 4) is 17.2 Å². The maximum Gasteiger partial charge on any atom is 0.293 e. The van der Waals surface area contributed by atoms with Crippen molar-refractivity contribution in [2.24, 2.45) is 0 Å². The molecular weight excluding hydrogens is 498 g/mol. The molecule has 1 saturated heterocycles. The van der Waals surface area contributed by atoms with Gasteiger partial charge in [-0.2, -0.15) is 0 Å². The van der Waals surface area contributed by atoms with Crippen molar-refractivity contribution in [3.05, 3.63) is 93.9 Å². The van der Waals surface area contributed by atoms with Crippen molar-refractivity contribution in [3.63, 3.8) is 0 Å². The zero-order valence-electron chi connectivity index (χ0n) is 22.4. The predicted octanol–water partition coefficient (Wildman–Crippen LogP) is 7.00. The number of hydrogen-bond donors (Lipinski definition) is 0. The number of thioether (sulfide) groups is 1. The third-order valence-electron chi connectivity index (χ3n) is 6.15. The molecule has 3 aromatic carbocycles. The Bertz CT molecular complexity index is 1320. The molecule has 1 aliphatic heterocycles. The molecule has 1 heterocycles. The Morgan fingerprint density at radius 1 is 0.868 bits per heavy atom. The highest BCUT2D eigenvalue weighted by Crippen LogP contribution is 2.35. The molecule has 0 aliphatic carbocycles. The van der Waals surface area contributed by atoms with Crippen LogP contribution in [0.5, 0.6) is 17.2 Å². The zero-order valence-corrected chi connectivity index (χ0v) is 23.3. The molecule has 3 aromatic rings. The van der Waals surface area contributed by atoms with E-state index < -0.39 is 0 Å². The van der Waals surface area contributed by atoms with E-state index in [1.54, 1.807) is 25.3 Å². The van der Waals surface area contributed by atoms with Crippen LogP contribution in [0.3, 0.4) is 0 Å².